The molecule has 0 unspecified atom stereocenters. The molecule has 0 radical (unpaired) electrons. The quantitative estimate of drug-likeness (QED) is 0.419. The topological polar surface area (TPSA) is 130 Å². The van der Waals surface area contributed by atoms with Gasteiger partial charge in [-0.2, -0.15) is 9.59 Å². The highest BCUT2D eigenvalue weighted by Gasteiger charge is 2.38. The Morgan fingerprint density at radius 1 is 1.47 bits per heavy atom. The first-order chi connectivity index (χ1) is 7.98. The summed E-state index contributed by atoms with van der Waals surface area (Å²) in [4.78, 5) is 27.5. The van der Waals surface area contributed by atoms with Crippen LogP contribution < -0.4 is 11.1 Å². The van der Waals surface area contributed by atoms with Gasteiger partial charge in [-0.3, -0.25) is 4.79 Å². The van der Waals surface area contributed by atoms with Crippen LogP contribution in [0.4, 0.5) is 0 Å². The Kier molecular flexibility index (Phi) is 7.41. The number of hydrogen-bond donors (Lipinski definition) is 4. The Morgan fingerprint density at radius 2 is 2.06 bits per heavy atom. The second-order valence-electron chi connectivity index (χ2n) is 4.03. The number of carbonyl (C=O) groups excluding carboxylic acids is 3. The van der Waals surface area contributed by atoms with Crippen molar-refractivity contribution in [1.82, 2.24) is 5.32 Å². The molecule has 1 fully saturated rings. The maximum absolute atomic E-state index is 11.3. The SMILES string of the molecule is NC(=O)[C@@]1(CCCB(O)O)CCNC1.O=C=O. The van der Waals surface area contributed by atoms with E-state index in [9.17, 15) is 4.79 Å². The van der Waals surface area contributed by atoms with E-state index >= 15 is 0 Å². The zero-order valence-electron chi connectivity index (χ0n) is 9.52. The number of nitrogens with two attached hydrogens (primary N) is 1. The molecular weight excluding hydrogens is 227 g/mol. The molecule has 7 nitrogen and oxygen atoms in total. The van der Waals surface area contributed by atoms with E-state index in [2.05, 4.69) is 5.32 Å². The molecule has 5 N–H and O–H groups in total. The van der Waals surface area contributed by atoms with Gasteiger partial charge in [-0.25, -0.2) is 0 Å². The summed E-state index contributed by atoms with van der Waals surface area (Å²) in [5.74, 6) is -0.282. The van der Waals surface area contributed by atoms with Crippen molar-refractivity contribution >= 4 is 19.2 Å². The molecule has 1 atom stereocenters. The van der Waals surface area contributed by atoms with Crippen molar-refractivity contribution in [3.63, 3.8) is 0 Å². The van der Waals surface area contributed by atoms with Gasteiger partial charge in [0, 0.05) is 6.54 Å². The first-order valence-electron chi connectivity index (χ1n) is 5.34. The van der Waals surface area contributed by atoms with Gasteiger partial charge in [0.2, 0.25) is 5.91 Å². The Balaban J connectivity index is 0.000000770. The van der Waals surface area contributed by atoms with Crippen molar-refractivity contribution in [2.75, 3.05) is 13.1 Å². The smallest absolute Gasteiger partial charge is 0.427 e. The van der Waals surface area contributed by atoms with Crippen molar-refractivity contribution in [2.45, 2.75) is 25.6 Å². The van der Waals surface area contributed by atoms with Gasteiger partial charge >= 0.3 is 13.3 Å². The Morgan fingerprint density at radius 3 is 2.41 bits per heavy atom. The lowest BCUT2D eigenvalue weighted by Crippen LogP contribution is -2.39. The lowest BCUT2D eigenvalue weighted by Gasteiger charge is -2.23. The number of primary amides is 1. The van der Waals surface area contributed by atoms with Gasteiger partial charge in [0.25, 0.3) is 0 Å². The average Bonchev–Trinajstić information content (AvgIpc) is 2.68. The largest absolute Gasteiger partial charge is 0.451 e. The van der Waals surface area contributed by atoms with E-state index in [1.165, 1.54) is 0 Å². The molecule has 1 aliphatic rings. The predicted octanol–water partition coefficient (Wildman–Crippen LogP) is -1.88. The maximum Gasteiger partial charge on any atom is 0.451 e. The highest BCUT2D eigenvalue weighted by atomic mass is 16.4. The summed E-state index contributed by atoms with van der Waals surface area (Å²) in [7, 11) is -1.28. The molecule has 0 aromatic carbocycles. The van der Waals surface area contributed by atoms with Crippen LogP contribution in [0.15, 0.2) is 0 Å². The van der Waals surface area contributed by atoms with Gasteiger partial charge < -0.3 is 21.1 Å². The molecule has 0 aromatic rings. The molecule has 1 heterocycles. The maximum atomic E-state index is 11.3. The van der Waals surface area contributed by atoms with Crippen LogP contribution in [0.5, 0.6) is 0 Å². The molecule has 0 spiro atoms. The lowest BCUT2D eigenvalue weighted by molar-refractivity contribution is -0.191. The van der Waals surface area contributed by atoms with Crippen molar-refractivity contribution in [3.8, 4) is 0 Å². The first kappa shape index (κ1) is 15.8. The number of rotatable bonds is 5. The molecule has 1 aliphatic heterocycles. The van der Waals surface area contributed by atoms with Gasteiger partial charge in [0.05, 0.1) is 5.41 Å². The van der Waals surface area contributed by atoms with Crippen molar-refractivity contribution < 1.29 is 24.4 Å². The van der Waals surface area contributed by atoms with E-state index < -0.39 is 12.5 Å². The molecule has 1 saturated heterocycles. The van der Waals surface area contributed by atoms with Crippen molar-refractivity contribution in [2.24, 2.45) is 11.1 Å². The van der Waals surface area contributed by atoms with Crippen LogP contribution in [0.3, 0.4) is 0 Å². The number of hydrogen-bond acceptors (Lipinski definition) is 6. The fraction of sp³-hybridized carbons (Fsp3) is 0.778. The normalized spacial score (nSPS) is 22.2. The molecule has 0 aromatic heterocycles. The molecule has 0 saturated carbocycles. The monoisotopic (exact) mass is 244 g/mol. The standard InChI is InChI=1S/C8H17BN2O3.CO2/c10-7(12)8(3-5-11-6-8)2-1-4-9(13)14;2-1-3/h11,13-14H,1-6H2,(H2,10,12);/t8-;/m0./s1. The summed E-state index contributed by atoms with van der Waals surface area (Å²) in [6.07, 6.45) is 2.55. The van der Waals surface area contributed by atoms with E-state index in [-0.39, 0.29) is 12.1 Å². The average molecular weight is 244 g/mol. The molecule has 0 aliphatic carbocycles. The fourth-order valence-corrected chi connectivity index (χ4v) is 1.91. The van der Waals surface area contributed by atoms with E-state index in [4.69, 9.17) is 25.4 Å². The number of carbonyl (C=O) groups is 1. The summed E-state index contributed by atoms with van der Waals surface area (Å²) in [5, 5.41) is 20.5. The molecule has 1 amide bonds. The van der Waals surface area contributed by atoms with E-state index in [1.54, 1.807) is 0 Å². The van der Waals surface area contributed by atoms with E-state index in [1.807, 2.05) is 0 Å². The van der Waals surface area contributed by atoms with Crippen LogP contribution in [0.25, 0.3) is 0 Å². The minimum absolute atomic E-state index is 0.250. The van der Waals surface area contributed by atoms with E-state index in [0.29, 0.717) is 25.7 Å². The zero-order valence-corrected chi connectivity index (χ0v) is 9.52. The third kappa shape index (κ3) is 5.60. The van der Waals surface area contributed by atoms with E-state index in [0.717, 1.165) is 13.0 Å². The fourth-order valence-electron chi connectivity index (χ4n) is 1.91. The third-order valence-electron chi connectivity index (χ3n) is 2.88. The van der Waals surface area contributed by atoms with Crippen molar-refractivity contribution in [1.29, 1.82) is 0 Å². The summed E-state index contributed by atoms with van der Waals surface area (Å²) < 4.78 is 0. The first-order valence-corrected chi connectivity index (χ1v) is 5.34. The molecule has 0 bridgehead atoms. The van der Waals surface area contributed by atoms with Crippen LogP contribution in [-0.4, -0.2) is 42.3 Å². The third-order valence-corrected chi connectivity index (χ3v) is 2.88. The molecule has 8 heteroatoms. The van der Waals surface area contributed by atoms with Gasteiger partial charge in [-0.15, -0.1) is 0 Å². The van der Waals surface area contributed by atoms with Gasteiger partial charge in [-0.05, 0) is 25.7 Å². The van der Waals surface area contributed by atoms with Crippen LogP contribution in [0, 0.1) is 5.41 Å². The summed E-state index contributed by atoms with van der Waals surface area (Å²) in [6, 6.07) is 0. The molecular formula is C9H17BN2O5. The van der Waals surface area contributed by atoms with Gasteiger partial charge in [0.1, 0.15) is 0 Å². The summed E-state index contributed by atoms with van der Waals surface area (Å²) >= 11 is 0. The minimum Gasteiger partial charge on any atom is -0.427 e. The van der Waals surface area contributed by atoms with Crippen LogP contribution in [0.2, 0.25) is 6.32 Å². The van der Waals surface area contributed by atoms with Gasteiger partial charge in [-0.1, -0.05) is 6.42 Å². The number of nitrogens with one attached hydrogen (secondary N) is 1. The highest BCUT2D eigenvalue weighted by Crippen LogP contribution is 2.31. The van der Waals surface area contributed by atoms with Crippen LogP contribution in [-0.2, 0) is 14.4 Å². The molecule has 96 valence electrons. The minimum atomic E-state index is -1.28. The van der Waals surface area contributed by atoms with Gasteiger partial charge in [0.15, 0.2) is 0 Å². The molecule has 1 rings (SSSR count). The second-order valence-corrected chi connectivity index (χ2v) is 4.03. The van der Waals surface area contributed by atoms with Crippen LogP contribution in [0.1, 0.15) is 19.3 Å². The molecule has 17 heavy (non-hydrogen) atoms. The lowest BCUT2D eigenvalue weighted by atomic mass is 9.76. The summed E-state index contributed by atoms with van der Waals surface area (Å²) in [5.41, 5.74) is 4.88. The Bertz CT molecular complexity index is 273. The predicted molar refractivity (Wildman–Crippen MR) is 58.4 cm³/mol. The number of amides is 1. The summed E-state index contributed by atoms with van der Waals surface area (Å²) in [6.45, 7) is 1.43. The Hall–Kier alpha value is -1.21. The van der Waals surface area contributed by atoms with Crippen LogP contribution >= 0.6 is 0 Å². The Labute approximate surface area is 99.5 Å². The highest BCUT2D eigenvalue weighted by molar-refractivity contribution is 6.40. The van der Waals surface area contributed by atoms with Crippen molar-refractivity contribution in [3.05, 3.63) is 0 Å². The zero-order chi connectivity index (χ0) is 13.3. The second kappa shape index (κ2) is 7.97.